The SMILES string of the molecule is Cc1cc(F)ccc1[C@H]1CCCC[N+]1(OC(=O)N1CCS(=O)CC1)C(=O)N(C)Cc1cc(C(F)(F)F)cc(C(F)(F)F)c1. The van der Waals surface area contributed by atoms with E-state index in [1.165, 1.54) is 30.1 Å². The molecular weight excluding hydrogens is 607 g/mol. The van der Waals surface area contributed by atoms with Crippen LogP contribution in [0.3, 0.4) is 0 Å². The number of rotatable bonds is 3. The van der Waals surface area contributed by atoms with E-state index in [0.717, 1.165) is 4.90 Å². The van der Waals surface area contributed by atoms with E-state index in [0.29, 0.717) is 42.5 Å². The third-order valence-electron chi connectivity index (χ3n) is 7.71. The number of hydroxylamine groups is 3. The number of halogens is 7. The van der Waals surface area contributed by atoms with E-state index in [1.54, 1.807) is 6.92 Å². The summed E-state index contributed by atoms with van der Waals surface area (Å²) in [6.07, 6.45) is -9.67. The van der Waals surface area contributed by atoms with Gasteiger partial charge in [0.15, 0.2) is 6.04 Å². The molecule has 2 aromatic rings. The zero-order valence-electron chi connectivity index (χ0n) is 23.4. The lowest BCUT2D eigenvalue weighted by molar-refractivity contribution is -1.05. The van der Waals surface area contributed by atoms with Gasteiger partial charge >= 0.3 is 24.5 Å². The number of carbonyl (C=O) groups is 2. The molecule has 236 valence electrons. The lowest BCUT2D eigenvalue weighted by Crippen LogP contribution is -2.63. The molecule has 2 heterocycles. The lowest BCUT2D eigenvalue weighted by Gasteiger charge is -2.43. The number of alkyl halides is 6. The van der Waals surface area contributed by atoms with Crippen molar-refractivity contribution in [3.63, 3.8) is 0 Å². The highest BCUT2D eigenvalue weighted by Gasteiger charge is 2.54. The number of nitrogens with zero attached hydrogens (tertiary/aromatic N) is 3. The van der Waals surface area contributed by atoms with Crippen LogP contribution in [0.2, 0.25) is 0 Å². The van der Waals surface area contributed by atoms with Gasteiger partial charge < -0.3 is 4.90 Å². The standard InChI is InChI=1S/C28H31F7N3O4S/c1-18-13-22(29)6-7-23(18)24-5-3-4-10-38(24,42-26(40)37-8-11-43(41)12-9-37)25(39)36(2)17-19-14-20(27(30,31)32)16-21(15-19)28(33,34)35/h6-7,13-16,24H,3-5,8-12,17H2,1-2H3/q+1/t24-,38?/m1/s1. The molecule has 0 N–H and O–H groups in total. The smallest absolute Gasteiger partial charge is 0.302 e. The van der Waals surface area contributed by atoms with Gasteiger partial charge in [0, 0.05) is 60.8 Å². The van der Waals surface area contributed by atoms with E-state index in [1.807, 2.05) is 0 Å². The highest BCUT2D eigenvalue weighted by atomic mass is 32.2. The van der Waals surface area contributed by atoms with Crippen LogP contribution in [-0.4, -0.2) is 69.0 Å². The zero-order valence-corrected chi connectivity index (χ0v) is 24.3. The normalized spacial score (nSPS) is 21.9. The first-order valence-corrected chi connectivity index (χ1v) is 15.0. The third-order valence-corrected chi connectivity index (χ3v) is 8.98. The van der Waals surface area contributed by atoms with Crippen LogP contribution >= 0.6 is 0 Å². The summed E-state index contributed by atoms with van der Waals surface area (Å²) in [6.45, 7) is 1.16. The van der Waals surface area contributed by atoms with Gasteiger partial charge in [0.2, 0.25) is 0 Å². The molecule has 0 saturated carbocycles. The molecule has 2 aliphatic heterocycles. The van der Waals surface area contributed by atoms with E-state index >= 15 is 0 Å². The fourth-order valence-corrected chi connectivity index (χ4v) is 6.63. The first kappa shape index (κ1) is 32.7. The third kappa shape index (κ3) is 7.31. The number of piperidine rings is 1. The summed E-state index contributed by atoms with van der Waals surface area (Å²) < 4.78 is 106. The van der Waals surface area contributed by atoms with Gasteiger partial charge in [-0.05, 0) is 65.5 Å². The minimum atomic E-state index is -5.07. The van der Waals surface area contributed by atoms with Gasteiger partial charge in [0.1, 0.15) is 12.4 Å². The van der Waals surface area contributed by atoms with Gasteiger partial charge in [-0.15, -0.1) is 0 Å². The number of hydrogen-bond donors (Lipinski definition) is 0. The van der Waals surface area contributed by atoms with E-state index in [-0.39, 0.29) is 37.2 Å². The molecule has 0 aliphatic carbocycles. The van der Waals surface area contributed by atoms with Crippen molar-refractivity contribution < 1.29 is 54.0 Å². The second kappa shape index (κ2) is 12.4. The van der Waals surface area contributed by atoms with Gasteiger partial charge in [0.05, 0.1) is 17.7 Å². The number of hydrogen-bond acceptors (Lipinski definition) is 4. The molecule has 0 bridgehead atoms. The lowest BCUT2D eigenvalue weighted by atomic mass is 9.91. The van der Waals surface area contributed by atoms with E-state index < -0.39 is 75.0 Å². The Hall–Kier alpha value is -3.20. The van der Waals surface area contributed by atoms with Gasteiger partial charge in [-0.25, -0.2) is 18.8 Å². The Morgan fingerprint density at radius 1 is 1.00 bits per heavy atom. The number of likely N-dealkylation sites (tertiary alicyclic amines) is 1. The molecule has 15 heteroatoms. The average Bonchev–Trinajstić information content (AvgIpc) is 2.92. The highest BCUT2D eigenvalue weighted by molar-refractivity contribution is 7.85. The number of aryl methyl sites for hydroxylation is 1. The van der Waals surface area contributed by atoms with Crippen molar-refractivity contribution >= 4 is 22.9 Å². The summed E-state index contributed by atoms with van der Waals surface area (Å²) in [5.74, 6) is -0.108. The molecule has 3 amide bonds. The van der Waals surface area contributed by atoms with E-state index in [9.17, 15) is 44.5 Å². The average molecular weight is 639 g/mol. The predicted molar refractivity (Wildman–Crippen MR) is 142 cm³/mol. The molecule has 0 aromatic heterocycles. The maximum atomic E-state index is 14.3. The highest BCUT2D eigenvalue weighted by Crippen LogP contribution is 2.42. The number of urea groups is 1. The number of quaternary nitrogens is 1. The van der Waals surface area contributed by atoms with Crippen molar-refractivity contribution in [2.75, 3.05) is 38.2 Å². The molecule has 43 heavy (non-hydrogen) atoms. The van der Waals surface area contributed by atoms with E-state index in [2.05, 4.69) is 0 Å². The van der Waals surface area contributed by atoms with E-state index in [4.69, 9.17) is 4.84 Å². The predicted octanol–water partition coefficient (Wildman–Crippen LogP) is 6.58. The fourth-order valence-electron chi connectivity index (χ4n) is 5.58. The maximum absolute atomic E-state index is 14.3. The minimum Gasteiger partial charge on any atom is -0.302 e. The van der Waals surface area contributed by atoms with Gasteiger partial charge in [0.25, 0.3) is 0 Å². The van der Waals surface area contributed by atoms with Crippen LogP contribution in [0.1, 0.15) is 53.1 Å². The van der Waals surface area contributed by atoms with Gasteiger partial charge in [-0.1, -0.05) is 0 Å². The maximum Gasteiger partial charge on any atom is 0.465 e. The first-order chi connectivity index (χ1) is 20.0. The van der Waals surface area contributed by atoms with Crippen LogP contribution in [0.4, 0.5) is 40.3 Å². The first-order valence-electron chi connectivity index (χ1n) is 13.5. The summed E-state index contributed by atoms with van der Waals surface area (Å²) in [5.41, 5.74) is -2.48. The van der Waals surface area contributed by atoms with Crippen LogP contribution in [-0.2, 0) is 34.5 Å². The molecule has 2 atom stereocenters. The Bertz CT molecular complexity index is 1360. The molecule has 4 rings (SSSR count). The Labute approximate surface area is 246 Å². The second-order valence-electron chi connectivity index (χ2n) is 10.8. The van der Waals surface area contributed by atoms with Crippen molar-refractivity contribution in [3.8, 4) is 0 Å². The molecule has 1 unspecified atom stereocenters. The zero-order chi connectivity index (χ0) is 31.7. The van der Waals surface area contributed by atoms with Crippen molar-refractivity contribution in [2.24, 2.45) is 0 Å². The van der Waals surface area contributed by atoms with Crippen LogP contribution in [0.15, 0.2) is 36.4 Å². The van der Waals surface area contributed by atoms with Crippen molar-refractivity contribution in [3.05, 3.63) is 70.0 Å². The van der Waals surface area contributed by atoms with Gasteiger partial charge in [-0.3, -0.25) is 9.11 Å². The molecule has 2 aromatic carbocycles. The molecule has 0 radical (unpaired) electrons. The topological polar surface area (TPSA) is 66.9 Å². The Morgan fingerprint density at radius 3 is 2.16 bits per heavy atom. The van der Waals surface area contributed by atoms with Crippen LogP contribution in [0.5, 0.6) is 0 Å². The van der Waals surface area contributed by atoms with Crippen molar-refractivity contribution in [2.45, 2.75) is 51.1 Å². The van der Waals surface area contributed by atoms with Gasteiger partial charge in [-0.2, -0.15) is 26.3 Å². The van der Waals surface area contributed by atoms with Crippen LogP contribution in [0.25, 0.3) is 0 Å². The summed E-state index contributed by atoms with van der Waals surface area (Å²) >= 11 is 0. The van der Waals surface area contributed by atoms with Crippen molar-refractivity contribution in [1.82, 2.24) is 9.80 Å². The number of amides is 3. The molecule has 2 aliphatic rings. The quantitative estimate of drug-likeness (QED) is 0.282. The molecular formula is C28H31F7N3O4S+. The molecule has 7 nitrogen and oxygen atoms in total. The Balaban J connectivity index is 1.74. The summed E-state index contributed by atoms with van der Waals surface area (Å²) in [4.78, 5) is 35.9. The largest absolute Gasteiger partial charge is 0.465 e. The fraction of sp³-hybridized carbons (Fsp3) is 0.500. The molecule has 2 saturated heterocycles. The minimum absolute atomic E-state index is 0.00474. The summed E-state index contributed by atoms with van der Waals surface area (Å²) in [6, 6.07) is 3.32. The Morgan fingerprint density at radius 2 is 1.60 bits per heavy atom. The Kier molecular flexibility index (Phi) is 9.45. The van der Waals surface area contributed by atoms with Crippen molar-refractivity contribution in [1.29, 1.82) is 0 Å². The number of carbonyl (C=O) groups excluding carboxylic acids is 2. The van der Waals surface area contributed by atoms with Crippen LogP contribution < -0.4 is 0 Å². The molecule has 2 fully saturated rings. The second-order valence-corrected chi connectivity index (χ2v) is 12.5. The number of benzene rings is 2. The summed E-state index contributed by atoms with van der Waals surface area (Å²) in [5, 5.41) is 0. The summed E-state index contributed by atoms with van der Waals surface area (Å²) in [7, 11) is 0.0876. The van der Waals surface area contributed by atoms with Crippen LogP contribution in [0, 0.1) is 12.7 Å². The molecule has 0 spiro atoms. The monoisotopic (exact) mass is 638 g/mol.